The predicted octanol–water partition coefficient (Wildman–Crippen LogP) is 3.78. The summed E-state index contributed by atoms with van der Waals surface area (Å²) >= 11 is 8.96. The Labute approximate surface area is 169 Å². The van der Waals surface area contributed by atoms with Crippen LogP contribution in [-0.2, 0) is 24.4 Å². The number of amides is 1. The van der Waals surface area contributed by atoms with Crippen LogP contribution in [0, 0.1) is 0 Å². The van der Waals surface area contributed by atoms with Crippen LogP contribution in [0.5, 0.6) is 5.75 Å². The molecular weight excluding hydrogens is 404 g/mol. The average Bonchev–Trinajstić information content (AvgIpc) is 3.34. The highest BCUT2D eigenvalue weighted by atomic mass is 35.5. The van der Waals surface area contributed by atoms with Gasteiger partial charge >= 0.3 is 0 Å². The first-order valence-electron chi connectivity index (χ1n) is 8.43. The number of hydrogen-bond donors (Lipinski definition) is 1. The summed E-state index contributed by atoms with van der Waals surface area (Å²) in [6.45, 7) is 1.75. The number of benzene rings is 1. The molecule has 0 fully saturated rings. The minimum atomic E-state index is 0.112. The summed E-state index contributed by atoms with van der Waals surface area (Å²) in [6, 6.07) is 9.23. The minimum absolute atomic E-state index is 0.112. The second-order valence-corrected chi connectivity index (χ2v) is 8.41. The smallest absolute Gasteiger partial charge is 0.233 e. The molecule has 0 aliphatic carbocycles. The van der Waals surface area contributed by atoms with Crippen molar-refractivity contribution in [3.63, 3.8) is 0 Å². The molecule has 3 heterocycles. The molecule has 2 aromatic heterocycles. The quantitative estimate of drug-likeness (QED) is 0.614. The number of carbonyl (C=O) groups excluding carboxylic acids is 1. The van der Waals surface area contributed by atoms with Crippen LogP contribution in [0.4, 0.5) is 0 Å². The summed E-state index contributed by atoms with van der Waals surface area (Å²) in [6.07, 6.45) is 0.941. The van der Waals surface area contributed by atoms with E-state index in [2.05, 4.69) is 26.6 Å². The van der Waals surface area contributed by atoms with Crippen molar-refractivity contribution in [1.29, 1.82) is 0 Å². The molecule has 1 aliphatic rings. The molecule has 0 saturated heterocycles. The molecule has 0 bridgehead atoms. The molecule has 6 nitrogen and oxygen atoms in total. The highest BCUT2D eigenvalue weighted by molar-refractivity contribution is 7.99. The number of aromatic amines is 1. The molecule has 1 aliphatic heterocycles. The lowest BCUT2D eigenvalue weighted by molar-refractivity contribution is -0.129. The largest absolute Gasteiger partial charge is 0.486 e. The summed E-state index contributed by atoms with van der Waals surface area (Å²) in [5.41, 5.74) is 1.27. The SMILES string of the molecule is O=C(CSc1n[nH]c(COc2ccc(Cl)cc2)n1)N1CCc2sccc2C1. The lowest BCUT2D eigenvalue weighted by Gasteiger charge is -2.26. The van der Waals surface area contributed by atoms with E-state index in [1.165, 1.54) is 22.2 Å². The third-order valence-corrected chi connectivity index (χ3v) is 6.29. The summed E-state index contributed by atoms with van der Waals surface area (Å²) in [5.74, 6) is 1.76. The van der Waals surface area contributed by atoms with Gasteiger partial charge in [-0.2, -0.15) is 0 Å². The van der Waals surface area contributed by atoms with E-state index < -0.39 is 0 Å². The van der Waals surface area contributed by atoms with Gasteiger partial charge in [-0.25, -0.2) is 4.98 Å². The lowest BCUT2D eigenvalue weighted by atomic mass is 10.1. The number of fused-ring (bicyclic) bond motifs is 1. The van der Waals surface area contributed by atoms with Crippen molar-refractivity contribution < 1.29 is 9.53 Å². The summed E-state index contributed by atoms with van der Waals surface area (Å²) in [5, 5.41) is 10.3. The van der Waals surface area contributed by atoms with E-state index in [1.807, 2.05) is 4.90 Å². The van der Waals surface area contributed by atoms with Crippen molar-refractivity contribution in [2.24, 2.45) is 0 Å². The highest BCUT2D eigenvalue weighted by Crippen LogP contribution is 2.25. The van der Waals surface area contributed by atoms with E-state index in [0.717, 1.165) is 13.0 Å². The molecule has 0 atom stereocenters. The molecule has 1 N–H and O–H groups in total. The van der Waals surface area contributed by atoms with Crippen LogP contribution in [0.2, 0.25) is 5.02 Å². The molecule has 140 valence electrons. The molecule has 0 saturated carbocycles. The molecule has 1 aromatic carbocycles. The molecule has 1 amide bonds. The Morgan fingerprint density at radius 1 is 1.33 bits per heavy atom. The van der Waals surface area contributed by atoms with Gasteiger partial charge in [0.25, 0.3) is 0 Å². The second kappa shape index (κ2) is 8.33. The van der Waals surface area contributed by atoms with E-state index in [9.17, 15) is 4.79 Å². The third kappa shape index (κ3) is 4.63. The maximum Gasteiger partial charge on any atom is 0.233 e. The number of ether oxygens (including phenoxy) is 1. The third-order valence-electron chi connectivity index (χ3n) is 4.19. The average molecular weight is 421 g/mol. The minimum Gasteiger partial charge on any atom is -0.486 e. The first kappa shape index (κ1) is 18.3. The molecule has 0 unspecified atom stereocenters. The van der Waals surface area contributed by atoms with Gasteiger partial charge in [0, 0.05) is 23.0 Å². The monoisotopic (exact) mass is 420 g/mol. The van der Waals surface area contributed by atoms with Crippen LogP contribution in [0.25, 0.3) is 0 Å². The Hall–Kier alpha value is -2.03. The van der Waals surface area contributed by atoms with Crippen LogP contribution in [-0.4, -0.2) is 38.3 Å². The van der Waals surface area contributed by atoms with E-state index in [1.54, 1.807) is 35.6 Å². The number of nitrogens with zero attached hydrogens (tertiary/aromatic N) is 3. The van der Waals surface area contributed by atoms with Crippen molar-refractivity contribution in [3.05, 3.63) is 57.0 Å². The number of rotatable bonds is 6. The summed E-state index contributed by atoms with van der Waals surface area (Å²) in [7, 11) is 0. The number of carbonyl (C=O) groups is 1. The summed E-state index contributed by atoms with van der Waals surface area (Å²) in [4.78, 5) is 20.1. The van der Waals surface area contributed by atoms with Gasteiger partial charge in [-0.05, 0) is 47.7 Å². The Morgan fingerprint density at radius 3 is 3.04 bits per heavy atom. The molecule has 3 aromatic rings. The number of aromatic nitrogens is 3. The molecule has 9 heteroatoms. The van der Waals surface area contributed by atoms with Gasteiger partial charge in [0.1, 0.15) is 12.4 Å². The fraction of sp³-hybridized carbons (Fsp3) is 0.278. The van der Waals surface area contributed by atoms with Gasteiger partial charge < -0.3 is 9.64 Å². The first-order valence-corrected chi connectivity index (χ1v) is 10.7. The Morgan fingerprint density at radius 2 is 2.19 bits per heavy atom. The molecule has 0 radical (unpaired) electrons. The van der Waals surface area contributed by atoms with Crippen LogP contribution in [0.1, 0.15) is 16.3 Å². The van der Waals surface area contributed by atoms with Crippen LogP contribution < -0.4 is 4.74 Å². The Bertz CT molecular complexity index is 926. The van der Waals surface area contributed by atoms with E-state index >= 15 is 0 Å². The molecular formula is C18H17ClN4O2S2. The fourth-order valence-electron chi connectivity index (χ4n) is 2.77. The lowest BCUT2D eigenvalue weighted by Crippen LogP contribution is -2.36. The van der Waals surface area contributed by atoms with Gasteiger partial charge in [0.05, 0.1) is 5.75 Å². The number of hydrogen-bond acceptors (Lipinski definition) is 6. The van der Waals surface area contributed by atoms with E-state index in [-0.39, 0.29) is 12.5 Å². The topological polar surface area (TPSA) is 71.1 Å². The van der Waals surface area contributed by atoms with E-state index in [4.69, 9.17) is 16.3 Å². The van der Waals surface area contributed by atoms with Gasteiger partial charge in [-0.1, -0.05) is 23.4 Å². The number of halogens is 1. The van der Waals surface area contributed by atoms with Crippen LogP contribution in [0.15, 0.2) is 40.9 Å². The molecule has 27 heavy (non-hydrogen) atoms. The first-order chi connectivity index (χ1) is 13.2. The van der Waals surface area contributed by atoms with Crippen LogP contribution in [0.3, 0.4) is 0 Å². The normalized spacial score (nSPS) is 13.4. The fourth-order valence-corrected chi connectivity index (χ4v) is 4.50. The predicted molar refractivity (Wildman–Crippen MR) is 106 cm³/mol. The van der Waals surface area contributed by atoms with Gasteiger partial charge in [-0.3, -0.25) is 9.89 Å². The zero-order valence-corrected chi connectivity index (χ0v) is 16.7. The Balaban J connectivity index is 1.25. The second-order valence-electron chi connectivity index (χ2n) is 6.03. The van der Waals surface area contributed by atoms with Gasteiger partial charge in [0.15, 0.2) is 5.82 Å². The number of H-pyrrole nitrogens is 1. The zero-order valence-electron chi connectivity index (χ0n) is 14.4. The van der Waals surface area contributed by atoms with Gasteiger partial charge in [-0.15, -0.1) is 16.4 Å². The number of nitrogens with one attached hydrogen (secondary N) is 1. The highest BCUT2D eigenvalue weighted by Gasteiger charge is 2.21. The maximum atomic E-state index is 12.5. The standard InChI is InChI=1S/C18H17ClN4O2S2/c19-13-1-3-14(4-2-13)25-10-16-20-18(22-21-16)27-11-17(24)23-7-5-15-12(9-23)6-8-26-15/h1-4,6,8H,5,7,9-11H2,(H,20,21,22). The molecule has 4 rings (SSSR count). The van der Waals surface area contributed by atoms with Crippen LogP contribution >= 0.6 is 34.7 Å². The van der Waals surface area contributed by atoms with Crippen molar-refractivity contribution in [1.82, 2.24) is 20.1 Å². The molecule has 0 spiro atoms. The van der Waals surface area contributed by atoms with Gasteiger partial charge in [0.2, 0.25) is 11.1 Å². The van der Waals surface area contributed by atoms with E-state index in [0.29, 0.717) is 34.1 Å². The number of thiophene rings is 1. The number of thioether (sulfide) groups is 1. The Kier molecular flexibility index (Phi) is 5.66. The maximum absolute atomic E-state index is 12.5. The van der Waals surface area contributed by atoms with Crippen molar-refractivity contribution in [2.45, 2.75) is 24.7 Å². The van der Waals surface area contributed by atoms with Crippen molar-refractivity contribution >= 4 is 40.6 Å². The van der Waals surface area contributed by atoms with Crippen molar-refractivity contribution in [3.8, 4) is 5.75 Å². The van der Waals surface area contributed by atoms with Crippen molar-refractivity contribution in [2.75, 3.05) is 12.3 Å². The summed E-state index contributed by atoms with van der Waals surface area (Å²) < 4.78 is 5.63. The zero-order chi connectivity index (χ0) is 18.6.